The highest BCUT2D eigenvalue weighted by atomic mass is 32.2. The standard InChI is InChI=1S/C14H18FNO2S/c15-12-3-1-11-2-4-14(13(11)7-12)16-8-10-5-6-19(17,18)9-10/h1,3,7,10,14,16H,2,4-6,8-9H2. The molecule has 1 heterocycles. The Morgan fingerprint density at radius 1 is 1.32 bits per heavy atom. The van der Waals surface area contributed by atoms with Gasteiger partial charge in [0.15, 0.2) is 9.84 Å². The minimum atomic E-state index is -2.81. The van der Waals surface area contributed by atoms with Gasteiger partial charge in [-0.1, -0.05) is 6.07 Å². The van der Waals surface area contributed by atoms with Crippen molar-refractivity contribution in [3.05, 3.63) is 35.1 Å². The first kappa shape index (κ1) is 13.1. The van der Waals surface area contributed by atoms with E-state index in [9.17, 15) is 12.8 Å². The maximum absolute atomic E-state index is 13.3. The highest BCUT2D eigenvalue weighted by molar-refractivity contribution is 7.91. The van der Waals surface area contributed by atoms with Crippen molar-refractivity contribution in [1.82, 2.24) is 5.32 Å². The number of rotatable bonds is 3. The zero-order valence-electron chi connectivity index (χ0n) is 10.7. The topological polar surface area (TPSA) is 46.2 Å². The summed E-state index contributed by atoms with van der Waals surface area (Å²) in [6, 6.07) is 5.14. The van der Waals surface area contributed by atoms with Gasteiger partial charge in [-0.25, -0.2) is 12.8 Å². The Labute approximate surface area is 113 Å². The lowest BCUT2D eigenvalue weighted by Gasteiger charge is -2.16. The summed E-state index contributed by atoms with van der Waals surface area (Å²) >= 11 is 0. The van der Waals surface area contributed by atoms with Gasteiger partial charge in [0.25, 0.3) is 0 Å². The van der Waals surface area contributed by atoms with E-state index in [4.69, 9.17) is 0 Å². The van der Waals surface area contributed by atoms with Crippen molar-refractivity contribution in [2.24, 2.45) is 5.92 Å². The number of fused-ring (bicyclic) bond motifs is 1. The largest absolute Gasteiger partial charge is 0.310 e. The van der Waals surface area contributed by atoms with Crippen LogP contribution in [0.15, 0.2) is 18.2 Å². The predicted octanol–water partition coefficient (Wildman–Crippen LogP) is 1.84. The molecule has 0 bridgehead atoms. The molecule has 0 spiro atoms. The Kier molecular flexibility index (Phi) is 3.35. The number of nitrogens with one attached hydrogen (secondary N) is 1. The molecular weight excluding hydrogens is 265 g/mol. The van der Waals surface area contributed by atoms with Crippen LogP contribution < -0.4 is 5.32 Å². The minimum absolute atomic E-state index is 0.175. The molecule has 1 N–H and O–H groups in total. The summed E-state index contributed by atoms with van der Waals surface area (Å²) in [5.41, 5.74) is 2.25. The van der Waals surface area contributed by atoms with Crippen LogP contribution in [-0.4, -0.2) is 26.5 Å². The molecule has 19 heavy (non-hydrogen) atoms. The number of halogens is 1. The van der Waals surface area contributed by atoms with Crippen LogP contribution in [-0.2, 0) is 16.3 Å². The van der Waals surface area contributed by atoms with Crippen molar-refractivity contribution < 1.29 is 12.8 Å². The van der Waals surface area contributed by atoms with Crippen LogP contribution in [0.1, 0.15) is 30.0 Å². The average molecular weight is 283 g/mol. The van der Waals surface area contributed by atoms with Gasteiger partial charge in [-0.3, -0.25) is 0 Å². The van der Waals surface area contributed by atoms with Gasteiger partial charge < -0.3 is 5.32 Å². The highest BCUT2D eigenvalue weighted by Crippen LogP contribution is 2.32. The summed E-state index contributed by atoms with van der Waals surface area (Å²) in [4.78, 5) is 0. The van der Waals surface area contributed by atoms with Crippen molar-refractivity contribution in [1.29, 1.82) is 0 Å². The van der Waals surface area contributed by atoms with Gasteiger partial charge >= 0.3 is 0 Å². The molecule has 0 saturated carbocycles. The third kappa shape index (κ3) is 2.82. The van der Waals surface area contributed by atoms with Crippen molar-refractivity contribution in [3.63, 3.8) is 0 Å². The third-order valence-corrected chi connectivity index (χ3v) is 6.00. The number of benzene rings is 1. The third-order valence-electron chi connectivity index (χ3n) is 4.17. The average Bonchev–Trinajstić information content (AvgIpc) is 2.90. The predicted molar refractivity (Wildman–Crippen MR) is 72.2 cm³/mol. The van der Waals surface area contributed by atoms with Gasteiger partial charge in [-0.05, 0) is 55.0 Å². The van der Waals surface area contributed by atoms with Gasteiger partial charge in [0.2, 0.25) is 0 Å². The summed E-state index contributed by atoms with van der Waals surface area (Å²) in [5, 5.41) is 3.41. The number of sulfone groups is 1. The lowest BCUT2D eigenvalue weighted by Crippen LogP contribution is -2.26. The first-order valence-corrected chi connectivity index (χ1v) is 8.58. The van der Waals surface area contributed by atoms with Crippen molar-refractivity contribution in [2.75, 3.05) is 18.1 Å². The first-order chi connectivity index (χ1) is 9.03. The zero-order valence-corrected chi connectivity index (χ0v) is 11.5. The Balaban J connectivity index is 1.63. The second kappa shape index (κ2) is 4.87. The van der Waals surface area contributed by atoms with Crippen molar-refractivity contribution in [3.8, 4) is 0 Å². The maximum atomic E-state index is 13.3. The van der Waals surface area contributed by atoms with Crippen LogP contribution >= 0.6 is 0 Å². The van der Waals surface area contributed by atoms with E-state index < -0.39 is 9.84 Å². The SMILES string of the molecule is O=S1(=O)CCC(CNC2CCc3ccc(F)cc32)C1. The lowest BCUT2D eigenvalue weighted by atomic mass is 10.1. The smallest absolute Gasteiger partial charge is 0.150 e. The molecule has 1 aromatic rings. The van der Waals surface area contributed by atoms with Crippen LogP contribution in [0.5, 0.6) is 0 Å². The summed E-state index contributed by atoms with van der Waals surface area (Å²) in [6.07, 6.45) is 2.69. The van der Waals surface area contributed by atoms with E-state index in [1.54, 1.807) is 6.07 Å². The molecule has 2 unspecified atom stereocenters. The Morgan fingerprint density at radius 2 is 2.16 bits per heavy atom. The normalized spacial score (nSPS) is 28.5. The molecule has 1 aliphatic heterocycles. The van der Waals surface area contributed by atoms with Crippen LogP contribution in [0.2, 0.25) is 0 Å². The van der Waals surface area contributed by atoms with E-state index >= 15 is 0 Å². The highest BCUT2D eigenvalue weighted by Gasteiger charge is 2.29. The fraction of sp³-hybridized carbons (Fsp3) is 0.571. The molecule has 104 valence electrons. The number of hydrogen-bond acceptors (Lipinski definition) is 3. The Bertz CT molecular complexity index is 585. The van der Waals surface area contributed by atoms with Gasteiger partial charge in [0.1, 0.15) is 5.82 Å². The van der Waals surface area contributed by atoms with E-state index in [0.29, 0.717) is 18.1 Å². The molecule has 1 aliphatic carbocycles. The summed E-state index contributed by atoms with van der Waals surface area (Å²) in [6.45, 7) is 0.708. The Hall–Kier alpha value is -0.940. The number of aryl methyl sites for hydroxylation is 1. The second-order valence-corrected chi connectivity index (χ2v) is 7.84. The summed E-state index contributed by atoms with van der Waals surface area (Å²) < 4.78 is 36.1. The van der Waals surface area contributed by atoms with Crippen LogP contribution in [0, 0.1) is 11.7 Å². The van der Waals surface area contributed by atoms with Crippen LogP contribution in [0.3, 0.4) is 0 Å². The van der Waals surface area contributed by atoms with Crippen molar-refractivity contribution >= 4 is 9.84 Å². The fourth-order valence-electron chi connectivity index (χ4n) is 3.13. The van der Waals surface area contributed by atoms with Gasteiger partial charge in [-0.15, -0.1) is 0 Å². The van der Waals surface area contributed by atoms with Crippen LogP contribution in [0.25, 0.3) is 0 Å². The first-order valence-electron chi connectivity index (χ1n) is 6.76. The monoisotopic (exact) mass is 283 g/mol. The van der Waals surface area contributed by atoms with E-state index in [1.807, 2.05) is 6.07 Å². The quantitative estimate of drug-likeness (QED) is 0.920. The van der Waals surface area contributed by atoms with Gasteiger partial charge in [0.05, 0.1) is 11.5 Å². The molecule has 2 atom stereocenters. The fourth-order valence-corrected chi connectivity index (χ4v) is 4.99. The molecule has 1 fully saturated rings. The molecule has 3 rings (SSSR count). The summed E-state index contributed by atoms with van der Waals surface area (Å²) in [5.74, 6) is 0.622. The number of hydrogen-bond donors (Lipinski definition) is 1. The molecule has 0 radical (unpaired) electrons. The van der Waals surface area contributed by atoms with E-state index in [2.05, 4.69) is 5.32 Å². The minimum Gasteiger partial charge on any atom is -0.310 e. The molecule has 0 amide bonds. The van der Waals surface area contributed by atoms with Gasteiger partial charge in [0, 0.05) is 6.04 Å². The Morgan fingerprint density at radius 3 is 2.89 bits per heavy atom. The van der Waals surface area contributed by atoms with E-state index in [1.165, 1.54) is 11.6 Å². The van der Waals surface area contributed by atoms with Crippen molar-refractivity contribution in [2.45, 2.75) is 25.3 Å². The molecule has 2 aliphatic rings. The molecule has 1 aromatic carbocycles. The molecular formula is C14H18FNO2S. The zero-order chi connectivity index (χ0) is 13.5. The van der Waals surface area contributed by atoms with E-state index in [-0.39, 0.29) is 17.8 Å². The molecule has 0 aromatic heterocycles. The summed E-state index contributed by atoms with van der Waals surface area (Å²) in [7, 11) is -2.81. The molecule has 1 saturated heterocycles. The van der Waals surface area contributed by atoms with Crippen LogP contribution in [0.4, 0.5) is 4.39 Å². The molecule has 5 heteroatoms. The molecule has 3 nitrogen and oxygen atoms in total. The van der Waals surface area contributed by atoms with E-state index in [0.717, 1.165) is 24.8 Å². The maximum Gasteiger partial charge on any atom is 0.150 e. The van der Waals surface area contributed by atoms with Gasteiger partial charge in [-0.2, -0.15) is 0 Å². The lowest BCUT2D eigenvalue weighted by molar-refractivity contribution is 0.455. The second-order valence-electron chi connectivity index (χ2n) is 5.61.